The van der Waals surface area contributed by atoms with Gasteiger partial charge in [-0.05, 0) is 80.5 Å². The lowest BCUT2D eigenvalue weighted by Gasteiger charge is -2.33. The largest absolute Gasteiger partial charge is 0.494 e. The molecule has 0 bridgehead atoms. The van der Waals surface area contributed by atoms with Gasteiger partial charge in [0.15, 0.2) is 0 Å². The van der Waals surface area contributed by atoms with E-state index in [0.29, 0.717) is 29.5 Å². The molecule has 2 aromatic rings. The lowest BCUT2D eigenvalue weighted by molar-refractivity contribution is -0.120. The van der Waals surface area contributed by atoms with Gasteiger partial charge in [-0.25, -0.2) is 4.90 Å². The van der Waals surface area contributed by atoms with E-state index < -0.39 is 0 Å². The SMILES string of the molecule is CCOc1ccc(C2=C(N3CCCC(C)C3)C(=O)N(c3ccc(C)c(C)c3)C2=O)cc1. The predicted molar refractivity (Wildman–Crippen MR) is 123 cm³/mol. The topological polar surface area (TPSA) is 49.9 Å². The highest BCUT2D eigenvalue weighted by molar-refractivity contribution is 6.45. The number of benzene rings is 2. The van der Waals surface area contributed by atoms with Crippen LogP contribution in [0, 0.1) is 19.8 Å². The molecule has 0 radical (unpaired) electrons. The molecule has 2 amide bonds. The molecule has 4 rings (SSSR count). The highest BCUT2D eigenvalue weighted by Crippen LogP contribution is 2.37. The van der Waals surface area contributed by atoms with Crippen LogP contribution in [0.2, 0.25) is 0 Å². The van der Waals surface area contributed by atoms with Crippen LogP contribution in [0.25, 0.3) is 5.57 Å². The van der Waals surface area contributed by atoms with Gasteiger partial charge in [-0.2, -0.15) is 0 Å². The zero-order valence-corrected chi connectivity index (χ0v) is 18.8. The average molecular weight is 419 g/mol. The summed E-state index contributed by atoms with van der Waals surface area (Å²) in [6.07, 6.45) is 2.16. The third-order valence-corrected chi connectivity index (χ3v) is 6.24. The molecule has 1 unspecified atom stereocenters. The lowest BCUT2D eigenvalue weighted by atomic mass is 9.97. The second-order valence-corrected chi connectivity index (χ2v) is 8.59. The van der Waals surface area contributed by atoms with Crippen LogP contribution in [0.1, 0.15) is 43.4 Å². The van der Waals surface area contributed by atoms with Crippen LogP contribution >= 0.6 is 0 Å². The maximum absolute atomic E-state index is 13.7. The van der Waals surface area contributed by atoms with Crippen LogP contribution in [-0.4, -0.2) is 36.4 Å². The predicted octanol–water partition coefficient (Wildman–Crippen LogP) is 4.72. The van der Waals surface area contributed by atoms with Crippen molar-refractivity contribution < 1.29 is 14.3 Å². The van der Waals surface area contributed by atoms with Crippen molar-refractivity contribution >= 4 is 23.1 Å². The summed E-state index contributed by atoms with van der Waals surface area (Å²) < 4.78 is 5.55. The first kappa shape index (κ1) is 21.2. The van der Waals surface area contributed by atoms with Gasteiger partial charge in [0.2, 0.25) is 0 Å². The molecule has 2 heterocycles. The summed E-state index contributed by atoms with van der Waals surface area (Å²) >= 11 is 0. The highest BCUT2D eigenvalue weighted by atomic mass is 16.5. The van der Waals surface area contributed by atoms with Gasteiger partial charge in [-0.3, -0.25) is 9.59 Å². The molecule has 0 spiro atoms. The van der Waals surface area contributed by atoms with E-state index >= 15 is 0 Å². The minimum atomic E-state index is -0.259. The molecule has 162 valence electrons. The number of rotatable bonds is 5. The molecular weight excluding hydrogens is 388 g/mol. The summed E-state index contributed by atoms with van der Waals surface area (Å²) in [5.41, 5.74) is 4.58. The first-order chi connectivity index (χ1) is 14.9. The van der Waals surface area contributed by atoms with E-state index in [1.807, 2.05) is 63.2 Å². The Morgan fingerprint density at radius 2 is 1.74 bits per heavy atom. The molecule has 0 aromatic heterocycles. The van der Waals surface area contributed by atoms with Crippen molar-refractivity contribution in [2.75, 3.05) is 24.6 Å². The molecule has 1 saturated heterocycles. The summed E-state index contributed by atoms with van der Waals surface area (Å²) in [7, 11) is 0. The van der Waals surface area contributed by atoms with E-state index in [-0.39, 0.29) is 11.8 Å². The van der Waals surface area contributed by atoms with Gasteiger partial charge < -0.3 is 9.64 Å². The Labute approximate surface area is 184 Å². The van der Waals surface area contributed by atoms with Crippen molar-refractivity contribution in [3.63, 3.8) is 0 Å². The van der Waals surface area contributed by atoms with Crippen molar-refractivity contribution in [1.82, 2.24) is 4.90 Å². The van der Waals surface area contributed by atoms with Crippen LogP contribution in [0.15, 0.2) is 48.2 Å². The molecule has 5 heteroatoms. The van der Waals surface area contributed by atoms with Crippen LogP contribution in [0.3, 0.4) is 0 Å². The normalized spacial score (nSPS) is 19.4. The van der Waals surface area contributed by atoms with Crippen molar-refractivity contribution in [3.8, 4) is 5.75 Å². The van der Waals surface area contributed by atoms with E-state index in [1.54, 1.807) is 0 Å². The van der Waals surface area contributed by atoms with Gasteiger partial charge in [0.05, 0.1) is 17.9 Å². The van der Waals surface area contributed by atoms with E-state index in [2.05, 4.69) is 11.8 Å². The maximum atomic E-state index is 13.7. The molecule has 0 aliphatic carbocycles. The van der Waals surface area contributed by atoms with Crippen LogP contribution in [-0.2, 0) is 9.59 Å². The number of carbonyl (C=O) groups is 2. The van der Waals surface area contributed by atoms with Gasteiger partial charge in [-0.1, -0.05) is 25.1 Å². The first-order valence-corrected chi connectivity index (χ1v) is 11.1. The Kier molecular flexibility index (Phi) is 5.86. The Morgan fingerprint density at radius 3 is 2.39 bits per heavy atom. The number of ether oxygens (including phenoxy) is 1. The summed E-state index contributed by atoms with van der Waals surface area (Å²) in [5, 5.41) is 0. The van der Waals surface area contributed by atoms with Gasteiger partial charge in [0, 0.05) is 13.1 Å². The molecule has 0 saturated carbocycles. The number of likely N-dealkylation sites (tertiary alicyclic amines) is 1. The fourth-order valence-electron chi connectivity index (χ4n) is 4.45. The third-order valence-electron chi connectivity index (χ3n) is 6.24. The Hall–Kier alpha value is -3.08. The second kappa shape index (κ2) is 8.58. The van der Waals surface area contributed by atoms with Gasteiger partial charge in [-0.15, -0.1) is 0 Å². The van der Waals surface area contributed by atoms with Gasteiger partial charge >= 0.3 is 0 Å². The molecule has 0 N–H and O–H groups in total. The summed E-state index contributed by atoms with van der Waals surface area (Å²) in [6, 6.07) is 13.2. The third kappa shape index (κ3) is 3.97. The fraction of sp³-hybridized carbons (Fsp3) is 0.385. The number of nitrogens with zero attached hydrogens (tertiary/aromatic N) is 2. The van der Waals surface area contributed by atoms with E-state index in [4.69, 9.17) is 4.74 Å². The number of carbonyl (C=O) groups excluding carboxylic acids is 2. The summed E-state index contributed by atoms with van der Waals surface area (Å²) in [5.74, 6) is 0.751. The number of aryl methyl sites for hydroxylation is 2. The number of anilines is 1. The molecule has 1 fully saturated rings. The molecular formula is C26H30N2O3. The Balaban J connectivity index is 1.79. The van der Waals surface area contributed by atoms with E-state index in [1.165, 1.54) is 4.90 Å². The lowest BCUT2D eigenvalue weighted by Crippen LogP contribution is -2.39. The number of hydrogen-bond acceptors (Lipinski definition) is 4. The van der Waals surface area contributed by atoms with Crippen LogP contribution in [0.5, 0.6) is 5.75 Å². The smallest absolute Gasteiger partial charge is 0.282 e. The fourth-order valence-corrected chi connectivity index (χ4v) is 4.45. The van der Waals surface area contributed by atoms with Crippen molar-refractivity contribution in [1.29, 1.82) is 0 Å². The summed E-state index contributed by atoms with van der Waals surface area (Å²) in [6.45, 7) is 10.3. The molecule has 2 aliphatic heterocycles. The van der Waals surface area contributed by atoms with Crippen molar-refractivity contribution in [2.45, 2.75) is 40.5 Å². The minimum Gasteiger partial charge on any atom is -0.494 e. The number of imide groups is 1. The second-order valence-electron chi connectivity index (χ2n) is 8.59. The van der Waals surface area contributed by atoms with E-state index in [9.17, 15) is 9.59 Å². The molecule has 5 nitrogen and oxygen atoms in total. The van der Waals surface area contributed by atoms with Crippen molar-refractivity contribution in [2.24, 2.45) is 5.92 Å². The molecule has 1 atom stereocenters. The van der Waals surface area contributed by atoms with Gasteiger partial charge in [0.1, 0.15) is 11.4 Å². The quantitative estimate of drug-likeness (QED) is 0.660. The number of hydrogen-bond donors (Lipinski definition) is 0. The highest BCUT2D eigenvalue weighted by Gasteiger charge is 2.43. The van der Waals surface area contributed by atoms with Crippen LogP contribution in [0.4, 0.5) is 5.69 Å². The maximum Gasteiger partial charge on any atom is 0.282 e. The molecule has 2 aliphatic rings. The Bertz CT molecular complexity index is 1040. The standard InChI is InChI=1S/C26H30N2O3/c1-5-31-22-12-9-20(10-13-22)23-24(27-14-6-7-17(2)16-27)26(30)28(25(23)29)21-11-8-18(3)19(4)15-21/h8-13,15,17H,5-7,14,16H2,1-4H3. The monoisotopic (exact) mass is 418 g/mol. The van der Waals surface area contributed by atoms with Crippen molar-refractivity contribution in [3.05, 3.63) is 64.9 Å². The first-order valence-electron chi connectivity index (χ1n) is 11.1. The molecule has 31 heavy (non-hydrogen) atoms. The minimum absolute atomic E-state index is 0.230. The zero-order valence-electron chi connectivity index (χ0n) is 18.8. The Morgan fingerprint density at radius 1 is 1.00 bits per heavy atom. The molecule has 2 aromatic carbocycles. The number of piperidine rings is 1. The van der Waals surface area contributed by atoms with Gasteiger partial charge in [0.25, 0.3) is 11.8 Å². The zero-order chi connectivity index (χ0) is 22.1. The number of amides is 2. The average Bonchev–Trinajstić information content (AvgIpc) is 3.01. The van der Waals surface area contributed by atoms with E-state index in [0.717, 1.165) is 48.4 Å². The summed E-state index contributed by atoms with van der Waals surface area (Å²) in [4.78, 5) is 30.8. The van der Waals surface area contributed by atoms with Crippen LogP contribution < -0.4 is 9.64 Å².